The van der Waals surface area contributed by atoms with Gasteiger partial charge in [-0.3, -0.25) is 9.10 Å². The Balaban J connectivity index is 1.83. The lowest BCUT2D eigenvalue weighted by Gasteiger charge is -2.29. The first-order valence-corrected chi connectivity index (χ1v) is 11.7. The number of sulfonamides is 1. The minimum Gasteiger partial charge on any atom is -0.497 e. The first-order chi connectivity index (χ1) is 14.2. The number of amides is 1. The van der Waals surface area contributed by atoms with Gasteiger partial charge in [-0.2, -0.15) is 0 Å². The summed E-state index contributed by atoms with van der Waals surface area (Å²) in [5, 5.41) is 3.32. The van der Waals surface area contributed by atoms with Crippen molar-refractivity contribution < 1.29 is 22.7 Å². The number of carbonyl (C=O) groups excluding carboxylic acids is 1. The third-order valence-electron chi connectivity index (χ3n) is 5.10. The van der Waals surface area contributed by atoms with E-state index in [0.29, 0.717) is 10.8 Å². The van der Waals surface area contributed by atoms with E-state index in [4.69, 9.17) is 21.1 Å². The van der Waals surface area contributed by atoms with Crippen molar-refractivity contribution >= 4 is 33.2 Å². The lowest BCUT2D eigenvalue weighted by Crippen LogP contribution is -2.42. The fourth-order valence-corrected chi connectivity index (χ4v) is 4.70. The van der Waals surface area contributed by atoms with Gasteiger partial charge in [-0.05, 0) is 60.7 Å². The van der Waals surface area contributed by atoms with E-state index < -0.39 is 15.9 Å². The second-order valence-corrected chi connectivity index (χ2v) is 9.51. The topological polar surface area (TPSA) is 84.9 Å². The van der Waals surface area contributed by atoms with Crippen LogP contribution in [0.2, 0.25) is 5.02 Å². The summed E-state index contributed by atoms with van der Waals surface area (Å²) in [6, 6.07) is 10.2. The van der Waals surface area contributed by atoms with Crippen LogP contribution in [0.15, 0.2) is 36.4 Å². The van der Waals surface area contributed by atoms with Crippen LogP contribution < -0.4 is 19.1 Å². The predicted molar refractivity (Wildman–Crippen MR) is 117 cm³/mol. The second-order valence-electron chi connectivity index (χ2n) is 7.16. The Morgan fingerprint density at radius 3 is 2.63 bits per heavy atom. The third-order valence-corrected chi connectivity index (χ3v) is 6.46. The van der Waals surface area contributed by atoms with Crippen LogP contribution in [0, 0.1) is 0 Å². The maximum absolute atomic E-state index is 12.8. The number of rotatable bonds is 7. The zero-order chi connectivity index (χ0) is 21.9. The van der Waals surface area contributed by atoms with Gasteiger partial charge in [0.2, 0.25) is 15.9 Å². The van der Waals surface area contributed by atoms with Crippen molar-refractivity contribution in [1.29, 1.82) is 0 Å². The Bertz CT molecular complexity index is 1040. The van der Waals surface area contributed by atoms with E-state index in [1.165, 1.54) is 13.2 Å². The molecule has 2 aromatic rings. The first kappa shape index (κ1) is 22.2. The molecule has 0 spiro atoms. The molecule has 0 saturated carbocycles. The summed E-state index contributed by atoms with van der Waals surface area (Å²) in [6.07, 6.45) is 3.66. The monoisotopic (exact) mass is 452 g/mol. The molecule has 0 heterocycles. The Morgan fingerprint density at radius 1 is 1.20 bits per heavy atom. The van der Waals surface area contributed by atoms with Crippen LogP contribution in [0.25, 0.3) is 0 Å². The van der Waals surface area contributed by atoms with Gasteiger partial charge in [0.05, 0.1) is 32.2 Å². The van der Waals surface area contributed by atoms with E-state index in [-0.39, 0.29) is 18.3 Å². The molecule has 1 amide bonds. The van der Waals surface area contributed by atoms with E-state index in [1.54, 1.807) is 19.2 Å². The molecule has 1 aliphatic rings. The highest BCUT2D eigenvalue weighted by Gasteiger charge is 2.27. The number of halogens is 1. The summed E-state index contributed by atoms with van der Waals surface area (Å²) in [7, 11) is -0.706. The third kappa shape index (κ3) is 4.99. The van der Waals surface area contributed by atoms with Gasteiger partial charge >= 0.3 is 0 Å². The normalized spacial score (nSPS) is 15.8. The molecule has 0 aromatic heterocycles. The van der Waals surface area contributed by atoms with Gasteiger partial charge in [0.1, 0.15) is 18.0 Å². The van der Waals surface area contributed by atoms with Crippen LogP contribution in [-0.2, 0) is 21.2 Å². The standard InChI is InChI=1S/C21H25ClN2O5S/c1-28-16-8-9-17-14(11-16)5-4-6-18(17)23-21(25)13-24(30(3,26)27)19-12-15(22)7-10-20(19)29-2/h7-12,18H,4-6,13H2,1-3H3,(H,23,25). The van der Waals surface area contributed by atoms with Gasteiger partial charge in [0.25, 0.3) is 0 Å². The number of hydrogen-bond donors (Lipinski definition) is 1. The molecule has 2 aromatic carbocycles. The lowest BCUT2D eigenvalue weighted by molar-refractivity contribution is -0.120. The number of nitrogens with zero attached hydrogens (tertiary/aromatic N) is 1. The quantitative estimate of drug-likeness (QED) is 0.696. The van der Waals surface area contributed by atoms with Gasteiger partial charge in [-0.25, -0.2) is 8.42 Å². The molecule has 0 radical (unpaired) electrons. The molecule has 0 aliphatic heterocycles. The van der Waals surface area contributed by atoms with Crippen LogP contribution in [0.5, 0.6) is 11.5 Å². The largest absolute Gasteiger partial charge is 0.497 e. The number of aryl methyl sites for hydroxylation is 1. The molecule has 1 N–H and O–H groups in total. The van der Waals surface area contributed by atoms with Crippen LogP contribution in [-0.4, -0.2) is 41.3 Å². The van der Waals surface area contributed by atoms with Crippen molar-refractivity contribution in [3.8, 4) is 11.5 Å². The number of nitrogens with one attached hydrogen (secondary N) is 1. The second kappa shape index (κ2) is 9.14. The summed E-state index contributed by atoms with van der Waals surface area (Å²) in [4.78, 5) is 12.8. The van der Waals surface area contributed by atoms with E-state index in [0.717, 1.165) is 46.7 Å². The molecule has 1 aliphatic carbocycles. The first-order valence-electron chi connectivity index (χ1n) is 9.50. The number of methoxy groups -OCH3 is 2. The maximum atomic E-state index is 12.8. The average Bonchev–Trinajstić information content (AvgIpc) is 2.71. The van der Waals surface area contributed by atoms with Gasteiger partial charge in [0, 0.05) is 5.02 Å². The highest BCUT2D eigenvalue weighted by molar-refractivity contribution is 7.92. The Labute approximate surface area is 182 Å². The number of anilines is 1. The molecule has 9 heteroatoms. The minimum atomic E-state index is -3.76. The molecule has 7 nitrogen and oxygen atoms in total. The zero-order valence-corrected chi connectivity index (χ0v) is 18.7. The fourth-order valence-electron chi connectivity index (χ4n) is 3.68. The number of ether oxygens (including phenoxy) is 2. The van der Waals surface area contributed by atoms with E-state index in [9.17, 15) is 13.2 Å². The molecule has 0 bridgehead atoms. The van der Waals surface area contributed by atoms with Crippen molar-refractivity contribution in [2.24, 2.45) is 0 Å². The molecule has 1 unspecified atom stereocenters. The molecular formula is C21H25ClN2O5S. The van der Waals surface area contributed by atoms with Crippen LogP contribution in [0.4, 0.5) is 5.69 Å². The summed E-state index contributed by atoms with van der Waals surface area (Å²) < 4.78 is 36.4. The highest BCUT2D eigenvalue weighted by atomic mass is 35.5. The smallest absolute Gasteiger partial charge is 0.241 e. The van der Waals surface area contributed by atoms with Crippen LogP contribution >= 0.6 is 11.6 Å². The van der Waals surface area contributed by atoms with Crippen LogP contribution in [0.1, 0.15) is 30.0 Å². The SMILES string of the molecule is COc1ccc2c(c1)CCCC2NC(=O)CN(c1cc(Cl)ccc1OC)S(C)(=O)=O. The number of carbonyl (C=O) groups is 1. The van der Waals surface area contributed by atoms with E-state index in [1.807, 2.05) is 18.2 Å². The average molecular weight is 453 g/mol. The van der Waals surface area contributed by atoms with E-state index >= 15 is 0 Å². The summed E-state index contributed by atoms with van der Waals surface area (Å²) in [5.41, 5.74) is 2.38. The Hall–Kier alpha value is -2.45. The molecule has 0 fully saturated rings. The van der Waals surface area contributed by atoms with Crippen molar-refractivity contribution in [2.45, 2.75) is 25.3 Å². The maximum Gasteiger partial charge on any atom is 0.241 e. The van der Waals surface area contributed by atoms with Gasteiger partial charge in [0.15, 0.2) is 0 Å². The van der Waals surface area contributed by atoms with Gasteiger partial charge < -0.3 is 14.8 Å². The number of fused-ring (bicyclic) bond motifs is 1. The summed E-state index contributed by atoms with van der Waals surface area (Å²) in [5.74, 6) is 0.681. The molecular weight excluding hydrogens is 428 g/mol. The van der Waals surface area contributed by atoms with E-state index in [2.05, 4.69) is 5.32 Å². The molecule has 3 rings (SSSR count). The highest BCUT2D eigenvalue weighted by Crippen LogP contribution is 2.34. The Kier molecular flexibility index (Phi) is 6.77. The fraction of sp³-hybridized carbons (Fsp3) is 0.381. The minimum absolute atomic E-state index is 0.185. The van der Waals surface area contributed by atoms with Gasteiger partial charge in [-0.1, -0.05) is 17.7 Å². The Morgan fingerprint density at radius 2 is 1.97 bits per heavy atom. The summed E-state index contributed by atoms with van der Waals surface area (Å²) >= 11 is 6.05. The number of benzene rings is 2. The number of hydrogen-bond acceptors (Lipinski definition) is 5. The lowest BCUT2D eigenvalue weighted by atomic mass is 9.87. The van der Waals surface area contributed by atoms with Crippen molar-refractivity contribution in [2.75, 3.05) is 31.3 Å². The predicted octanol–water partition coefficient (Wildman–Crippen LogP) is 3.32. The molecule has 0 saturated heterocycles. The zero-order valence-electron chi connectivity index (χ0n) is 17.1. The van der Waals surface area contributed by atoms with Crippen LogP contribution in [0.3, 0.4) is 0 Å². The summed E-state index contributed by atoms with van der Waals surface area (Å²) in [6.45, 7) is -0.377. The van der Waals surface area contributed by atoms with Crippen molar-refractivity contribution in [3.63, 3.8) is 0 Å². The van der Waals surface area contributed by atoms with Crippen molar-refractivity contribution in [1.82, 2.24) is 5.32 Å². The van der Waals surface area contributed by atoms with Crippen molar-refractivity contribution in [3.05, 3.63) is 52.5 Å². The molecule has 162 valence electrons. The molecule has 30 heavy (non-hydrogen) atoms. The molecule has 1 atom stereocenters. The van der Waals surface area contributed by atoms with Gasteiger partial charge in [-0.15, -0.1) is 0 Å².